The van der Waals surface area contributed by atoms with E-state index in [1.807, 2.05) is 0 Å². The highest BCUT2D eigenvalue weighted by molar-refractivity contribution is 5.98. The number of nitrogens with one attached hydrogen (secondary N) is 1. The molecule has 3 rings (SSSR count). The molecule has 1 amide bonds. The van der Waals surface area contributed by atoms with E-state index in [1.165, 1.54) is 6.07 Å². The number of aryl methyl sites for hydroxylation is 1. The van der Waals surface area contributed by atoms with Crippen molar-refractivity contribution in [2.45, 2.75) is 12.7 Å². The van der Waals surface area contributed by atoms with E-state index in [9.17, 15) is 18.0 Å². The molecule has 30 heavy (non-hydrogen) atoms. The van der Waals surface area contributed by atoms with Gasteiger partial charge in [-0.15, -0.1) is 0 Å². The number of piperazine rings is 1. The normalized spacial score (nSPS) is 15.5. The molecule has 2 heterocycles. The maximum absolute atomic E-state index is 12.6. The Balaban J connectivity index is 1.60. The lowest BCUT2D eigenvalue weighted by atomic mass is 10.2. The highest BCUT2D eigenvalue weighted by Gasteiger charge is 2.29. The molecule has 1 aromatic heterocycles. The third kappa shape index (κ3) is 5.43. The van der Waals surface area contributed by atoms with Gasteiger partial charge in [-0.25, -0.2) is 0 Å². The monoisotopic (exact) mass is 424 g/mol. The maximum atomic E-state index is 12.6. The fourth-order valence-corrected chi connectivity index (χ4v) is 3.13. The van der Waals surface area contributed by atoms with Gasteiger partial charge in [0, 0.05) is 45.5 Å². The van der Waals surface area contributed by atoms with Crippen molar-refractivity contribution >= 4 is 17.6 Å². The van der Waals surface area contributed by atoms with E-state index >= 15 is 0 Å². The van der Waals surface area contributed by atoms with Crippen LogP contribution in [0.1, 0.15) is 5.56 Å². The van der Waals surface area contributed by atoms with Crippen molar-refractivity contribution in [2.24, 2.45) is 12.0 Å². The summed E-state index contributed by atoms with van der Waals surface area (Å²) in [6, 6.07) is 6.50. The Labute approximate surface area is 171 Å². The Morgan fingerprint density at radius 1 is 1.30 bits per heavy atom. The van der Waals surface area contributed by atoms with Crippen molar-refractivity contribution in [1.29, 1.82) is 0 Å². The summed E-state index contributed by atoms with van der Waals surface area (Å²) in [4.78, 5) is 20.2. The van der Waals surface area contributed by atoms with E-state index in [0.717, 1.165) is 5.69 Å². The molecular formula is C19H23F3N6O2. The van der Waals surface area contributed by atoms with E-state index in [2.05, 4.69) is 15.4 Å². The predicted octanol–water partition coefficient (Wildman–Crippen LogP) is 1.79. The summed E-state index contributed by atoms with van der Waals surface area (Å²) in [5.41, 5.74) is 1.30. The minimum absolute atomic E-state index is 0.0916. The first kappa shape index (κ1) is 21.5. The number of aromatic nitrogens is 2. The first-order valence-corrected chi connectivity index (χ1v) is 9.29. The number of halogens is 3. The number of hydrogen-bond acceptors (Lipinski definition) is 4. The highest BCUT2D eigenvalue weighted by atomic mass is 19.4. The number of hydrogen-bond donors (Lipinski definition) is 1. The smallest absolute Gasteiger partial charge is 0.422 e. The number of nitrogens with zero attached hydrogens (tertiary/aromatic N) is 5. The van der Waals surface area contributed by atoms with Crippen LogP contribution in [0.3, 0.4) is 0 Å². The lowest BCUT2D eigenvalue weighted by Gasteiger charge is -2.35. The number of carbonyl (C=O) groups excluding carboxylic acids is 1. The number of ether oxygens (including phenoxy) is 1. The van der Waals surface area contributed by atoms with Gasteiger partial charge in [0.05, 0.1) is 11.9 Å². The molecule has 162 valence electrons. The van der Waals surface area contributed by atoms with Crippen LogP contribution in [0.15, 0.2) is 41.7 Å². The van der Waals surface area contributed by atoms with E-state index in [0.29, 0.717) is 24.6 Å². The second kappa shape index (κ2) is 9.06. The molecule has 1 fully saturated rings. The molecule has 0 radical (unpaired) electrons. The van der Waals surface area contributed by atoms with Crippen LogP contribution in [0, 0.1) is 0 Å². The molecule has 0 atom stereocenters. The minimum atomic E-state index is -4.41. The number of guanidine groups is 1. The van der Waals surface area contributed by atoms with Gasteiger partial charge in [0.1, 0.15) is 12.3 Å². The average molecular weight is 424 g/mol. The number of carbonyl (C=O) groups is 1. The zero-order chi connectivity index (χ0) is 21.7. The summed E-state index contributed by atoms with van der Waals surface area (Å²) in [5.74, 6) is 0.543. The third-order valence-corrected chi connectivity index (χ3v) is 4.54. The van der Waals surface area contributed by atoms with Crippen molar-refractivity contribution in [2.75, 3.05) is 38.2 Å². The molecule has 1 N–H and O–H groups in total. The Kier molecular flexibility index (Phi) is 6.48. The van der Waals surface area contributed by atoms with E-state index in [1.54, 1.807) is 59.2 Å². The zero-order valence-electron chi connectivity index (χ0n) is 16.7. The Bertz CT molecular complexity index is 912. The third-order valence-electron chi connectivity index (χ3n) is 4.54. The van der Waals surface area contributed by atoms with Gasteiger partial charge in [-0.3, -0.25) is 14.5 Å². The predicted molar refractivity (Wildman–Crippen MR) is 105 cm³/mol. The molecule has 0 saturated carbocycles. The van der Waals surface area contributed by atoms with Gasteiger partial charge in [0.15, 0.2) is 12.6 Å². The quantitative estimate of drug-likeness (QED) is 0.585. The summed E-state index contributed by atoms with van der Waals surface area (Å²) in [6.45, 7) is -0.00885. The zero-order valence-corrected chi connectivity index (χ0v) is 16.7. The fourth-order valence-electron chi connectivity index (χ4n) is 3.13. The lowest BCUT2D eigenvalue weighted by Crippen LogP contribution is -2.55. The van der Waals surface area contributed by atoms with Crippen LogP contribution in [0.4, 0.5) is 18.9 Å². The van der Waals surface area contributed by atoms with Gasteiger partial charge in [-0.1, -0.05) is 18.2 Å². The number of para-hydroxylation sites is 1. The second-order valence-electron chi connectivity index (χ2n) is 6.75. The van der Waals surface area contributed by atoms with Crippen LogP contribution >= 0.6 is 0 Å². The SMILES string of the molecule is CN=C(NCc1ccccc1OCC(F)(F)F)N1CCN(c2cnn(C)c2)C(=O)C1. The molecule has 0 bridgehead atoms. The molecule has 1 saturated heterocycles. The first-order valence-electron chi connectivity index (χ1n) is 9.29. The number of amides is 1. The molecule has 1 aliphatic rings. The Morgan fingerprint density at radius 3 is 2.70 bits per heavy atom. The molecule has 0 spiro atoms. The molecule has 8 nitrogen and oxygen atoms in total. The van der Waals surface area contributed by atoms with Crippen LogP contribution in [-0.2, 0) is 18.4 Å². The van der Waals surface area contributed by atoms with Gasteiger partial charge in [0.2, 0.25) is 5.91 Å². The molecule has 1 aromatic carbocycles. The summed E-state index contributed by atoms with van der Waals surface area (Å²) < 4.78 is 43.9. The van der Waals surface area contributed by atoms with Crippen molar-refractivity contribution in [3.63, 3.8) is 0 Å². The average Bonchev–Trinajstić information content (AvgIpc) is 3.13. The van der Waals surface area contributed by atoms with E-state index in [-0.39, 0.29) is 24.7 Å². The van der Waals surface area contributed by atoms with Gasteiger partial charge in [0.25, 0.3) is 0 Å². The fraction of sp³-hybridized carbons (Fsp3) is 0.421. The number of benzene rings is 1. The molecule has 0 unspecified atom stereocenters. The van der Waals surface area contributed by atoms with Crippen molar-refractivity contribution < 1.29 is 22.7 Å². The van der Waals surface area contributed by atoms with Crippen LogP contribution in [0.2, 0.25) is 0 Å². The minimum Gasteiger partial charge on any atom is -0.484 e. The number of aliphatic imine (C=N–C) groups is 1. The van der Waals surface area contributed by atoms with E-state index < -0.39 is 12.8 Å². The first-order chi connectivity index (χ1) is 14.3. The van der Waals surface area contributed by atoms with Gasteiger partial charge in [-0.05, 0) is 6.07 Å². The van der Waals surface area contributed by atoms with Gasteiger partial charge in [-0.2, -0.15) is 18.3 Å². The van der Waals surface area contributed by atoms with Crippen molar-refractivity contribution in [1.82, 2.24) is 20.0 Å². The molecule has 11 heteroatoms. The molecule has 1 aliphatic heterocycles. The number of rotatable bonds is 5. The van der Waals surface area contributed by atoms with E-state index in [4.69, 9.17) is 4.74 Å². The lowest BCUT2D eigenvalue weighted by molar-refractivity contribution is -0.153. The highest BCUT2D eigenvalue weighted by Crippen LogP contribution is 2.22. The Hall–Kier alpha value is -3.24. The standard InChI is InChI=1S/C19H23F3N6O2/c1-23-18(24-9-14-5-3-4-6-16(14)30-13-19(20,21)22)27-7-8-28(17(29)12-27)15-10-25-26(2)11-15/h3-6,10-11H,7-9,12-13H2,1-2H3,(H,23,24). The topological polar surface area (TPSA) is 75.0 Å². The molecule has 2 aromatic rings. The van der Waals surface area contributed by atoms with Crippen molar-refractivity contribution in [3.05, 3.63) is 42.2 Å². The molecular weight excluding hydrogens is 401 g/mol. The largest absolute Gasteiger partial charge is 0.484 e. The maximum Gasteiger partial charge on any atom is 0.422 e. The second-order valence-corrected chi connectivity index (χ2v) is 6.75. The number of anilines is 1. The summed E-state index contributed by atoms with van der Waals surface area (Å²) in [5, 5.41) is 7.19. The van der Waals surface area contributed by atoms with Crippen LogP contribution in [0.25, 0.3) is 0 Å². The van der Waals surface area contributed by atoms with Gasteiger partial charge < -0.3 is 19.9 Å². The van der Waals surface area contributed by atoms with Gasteiger partial charge >= 0.3 is 6.18 Å². The summed E-state index contributed by atoms with van der Waals surface area (Å²) >= 11 is 0. The molecule has 0 aliphatic carbocycles. The summed E-state index contributed by atoms with van der Waals surface area (Å²) in [7, 11) is 3.37. The van der Waals surface area contributed by atoms with Crippen LogP contribution in [0.5, 0.6) is 5.75 Å². The van der Waals surface area contributed by atoms with Crippen LogP contribution in [-0.4, -0.2) is 66.0 Å². The van der Waals surface area contributed by atoms with Crippen molar-refractivity contribution in [3.8, 4) is 5.75 Å². The van der Waals surface area contributed by atoms with Crippen LogP contribution < -0.4 is 15.0 Å². The Morgan fingerprint density at radius 2 is 2.07 bits per heavy atom. The number of alkyl halides is 3. The summed E-state index contributed by atoms with van der Waals surface area (Å²) in [6.07, 6.45) is -0.998.